The van der Waals surface area contributed by atoms with Crippen molar-refractivity contribution < 1.29 is 14.0 Å². The number of rotatable bonds is 2. The second kappa shape index (κ2) is 5.04. The van der Waals surface area contributed by atoms with Crippen LogP contribution >= 0.6 is 0 Å². The Balaban J connectivity index is 1.49. The molecule has 23 heavy (non-hydrogen) atoms. The van der Waals surface area contributed by atoms with Gasteiger partial charge in [0.15, 0.2) is 0 Å². The zero-order valence-corrected chi connectivity index (χ0v) is 13.6. The number of fused-ring (bicyclic) bond motifs is 1. The average molecular weight is 318 g/mol. The van der Waals surface area contributed by atoms with Crippen LogP contribution in [-0.2, 0) is 15.0 Å². The molecule has 2 amide bonds. The van der Waals surface area contributed by atoms with E-state index in [1.807, 2.05) is 4.90 Å². The number of amides is 2. The minimum atomic E-state index is -0.152. The number of nitrogens with zero attached hydrogens (tertiary/aromatic N) is 4. The topological polar surface area (TPSA) is 79.5 Å². The second-order valence-electron chi connectivity index (χ2n) is 7.21. The molecule has 0 radical (unpaired) electrons. The molecule has 7 heteroatoms. The smallest absolute Gasteiger partial charge is 0.229 e. The maximum atomic E-state index is 12.7. The standard InChI is InChI=1S/C16H22N4O3/c1-10-17-18-15(23-10)16-5-3-4-13(16)8-20(9-16)14(22)12-6-19(7-12)11(2)21/h12-13H,3-9H2,1-2H3/t13-,16-/m0/s1. The zero-order valence-electron chi connectivity index (χ0n) is 13.6. The Kier molecular flexibility index (Phi) is 3.21. The van der Waals surface area contributed by atoms with Gasteiger partial charge in [-0.1, -0.05) is 6.42 Å². The minimum absolute atomic E-state index is 0.0424. The fourth-order valence-electron chi connectivity index (χ4n) is 4.45. The van der Waals surface area contributed by atoms with Crippen molar-refractivity contribution in [1.29, 1.82) is 0 Å². The Bertz CT molecular complexity index is 652. The summed E-state index contributed by atoms with van der Waals surface area (Å²) >= 11 is 0. The highest BCUT2D eigenvalue weighted by molar-refractivity contribution is 5.84. The van der Waals surface area contributed by atoms with Crippen LogP contribution in [-0.4, -0.2) is 58.0 Å². The van der Waals surface area contributed by atoms with Crippen LogP contribution in [0.15, 0.2) is 4.42 Å². The van der Waals surface area contributed by atoms with Gasteiger partial charge in [-0.2, -0.15) is 0 Å². The molecule has 7 nitrogen and oxygen atoms in total. The summed E-state index contributed by atoms with van der Waals surface area (Å²) in [6.07, 6.45) is 3.26. The molecule has 0 aromatic carbocycles. The SMILES string of the molecule is CC(=O)N1CC(C(=O)N2C[C@@H]3CCC[C@]3(c3nnc(C)o3)C2)C1. The van der Waals surface area contributed by atoms with E-state index in [0.717, 1.165) is 25.8 Å². The lowest BCUT2D eigenvalue weighted by Crippen LogP contribution is -2.55. The molecule has 0 unspecified atom stereocenters. The summed E-state index contributed by atoms with van der Waals surface area (Å²) in [7, 11) is 0. The maximum absolute atomic E-state index is 12.7. The van der Waals surface area contributed by atoms with Crippen molar-refractivity contribution in [3.05, 3.63) is 11.8 Å². The van der Waals surface area contributed by atoms with Crippen LogP contribution in [0, 0.1) is 18.8 Å². The van der Waals surface area contributed by atoms with Gasteiger partial charge in [-0.3, -0.25) is 9.59 Å². The van der Waals surface area contributed by atoms with Crippen molar-refractivity contribution in [3.8, 4) is 0 Å². The molecule has 3 heterocycles. The highest BCUT2D eigenvalue weighted by Gasteiger charge is 2.56. The van der Waals surface area contributed by atoms with Crippen LogP contribution in [0.25, 0.3) is 0 Å². The molecule has 2 saturated heterocycles. The maximum Gasteiger partial charge on any atom is 0.229 e. The molecule has 124 valence electrons. The van der Waals surface area contributed by atoms with Gasteiger partial charge in [-0.05, 0) is 18.8 Å². The Morgan fingerprint density at radius 1 is 1.22 bits per heavy atom. The van der Waals surface area contributed by atoms with Crippen molar-refractivity contribution in [3.63, 3.8) is 0 Å². The molecule has 1 saturated carbocycles. The largest absolute Gasteiger partial charge is 0.425 e. The van der Waals surface area contributed by atoms with E-state index >= 15 is 0 Å². The van der Waals surface area contributed by atoms with Gasteiger partial charge in [0.25, 0.3) is 0 Å². The van der Waals surface area contributed by atoms with E-state index in [0.29, 0.717) is 37.3 Å². The van der Waals surface area contributed by atoms with E-state index in [9.17, 15) is 9.59 Å². The molecule has 3 fully saturated rings. The first-order chi connectivity index (χ1) is 11.0. The van der Waals surface area contributed by atoms with Crippen molar-refractivity contribution in [2.24, 2.45) is 11.8 Å². The highest BCUT2D eigenvalue weighted by atomic mass is 16.4. The number of carbonyl (C=O) groups excluding carboxylic acids is 2. The Labute approximate surface area is 135 Å². The van der Waals surface area contributed by atoms with Gasteiger partial charge < -0.3 is 14.2 Å². The molecular weight excluding hydrogens is 296 g/mol. The third-order valence-corrected chi connectivity index (χ3v) is 5.81. The van der Waals surface area contributed by atoms with Gasteiger partial charge in [0.1, 0.15) is 0 Å². The molecular formula is C16H22N4O3. The second-order valence-corrected chi connectivity index (χ2v) is 7.21. The van der Waals surface area contributed by atoms with E-state index in [4.69, 9.17) is 4.42 Å². The summed E-state index contributed by atoms with van der Waals surface area (Å²) in [6, 6.07) is 0. The lowest BCUT2D eigenvalue weighted by Gasteiger charge is -2.39. The third-order valence-electron chi connectivity index (χ3n) is 5.81. The van der Waals surface area contributed by atoms with Crippen LogP contribution in [0.3, 0.4) is 0 Å². The third kappa shape index (κ3) is 2.16. The number of carbonyl (C=O) groups is 2. The fourth-order valence-corrected chi connectivity index (χ4v) is 4.45. The minimum Gasteiger partial charge on any atom is -0.425 e. The molecule has 0 spiro atoms. The molecule has 2 aliphatic heterocycles. The molecule has 1 aromatic heterocycles. The van der Waals surface area contributed by atoms with E-state index < -0.39 is 0 Å². The monoisotopic (exact) mass is 318 g/mol. The zero-order chi connectivity index (χ0) is 16.2. The van der Waals surface area contributed by atoms with E-state index in [1.165, 1.54) is 0 Å². The van der Waals surface area contributed by atoms with Crippen molar-refractivity contribution >= 4 is 11.8 Å². The summed E-state index contributed by atoms with van der Waals surface area (Å²) in [5, 5.41) is 8.25. The number of aryl methyl sites for hydroxylation is 1. The Morgan fingerprint density at radius 3 is 2.65 bits per heavy atom. The van der Waals surface area contributed by atoms with Gasteiger partial charge in [0.05, 0.1) is 11.3 Å². The summed E-state index contributed by atoms with van der Waals surface area (Å²) in [5.41, 5.74) is -0.152. The molecule has 2 atom stereocenters. The number of hydrogen-bond acceptors (Lipinski definition) is 5. The summed E-state index contributed by atoms with van der Waals surface area (Å²) in [6.45, 7) is 5.92. The first kappa shape index (κ1) is 14.7. The van der Waals surface area contributed by atoms with Crippen molar-refractivity contribution in [1.82, 2.24) is 20.0 Å². The van der Waals surface area contributed by atoms with Crippen molar-refractivity contribution in [2.45, 2.75) is 38.5 Å². The van der Waals surface area contributed by atoms with Gasteiger partial charge in [-0.25, -0.2) is 0 Å². The predicted molar refractivity (Wildman–Crippen MR) is 80.4 cm³/mol. The number of likely N-dealkylation sites (tertiary alicyclic amines) is 2. The average Bonchev–Trinajstić information content (AvgIpc) is 3.08. The quantitative estimate of drug-likeness (QED) is 0.803. The summed E-state index contributed by atoms with van der Waals surface area (Å²) in [5.74, 6) is 1.87. The summed E-state index contributed by atoms with van der Waals surface area (Å²) in [4.78, 5) is 27.7. The lowest BCUT2D eigenvalue weighted by atomic mass is 9.80. The molecule has 1 aliphatic carbocycles. The van der Waals surface area contributed by atoms with E-state index in [-0.39, 0.29) is 23.1 Å². The molecule has 4 rings (SSSR count). The Hall–Kier alpha value is -1.92. The van der Waals surface area contributed by atoms with E-state index in [2.05, 4.69) is 10.2 Å². The predicted octanol–water partition coefficient (Wildman–Crippen LogP) is 0.736. The molecule has 0 N–H and O–H groups in total. The summed E-state index contributed by atoms with van der Waals surface area (Å²) < 4.78 is 5.74. The van der Waals surface area contributed by atoms with Crippen LogP contribution < -0.4 is 0 Å². The van der Waals surface area contributed by atoms with Crippen molar-refractivity contribution in [2.75, 3.05) is 26.2 Å². The molecule has 0 bridgehead atoms. The number of aromatic nitrogens is 2. The van der Waals surface area contributed by atoms with E-state index in [1.54, 1.807) is 18.7 Å². The molecule has 1 aromatic rings. The highest BCUT2D eigenvalue weighted by Crippen LogP contribution is 2.50. The van der Waals surface area contributed by atoms with Gasteiger partial charge in [0.2, 0.25) is 23.6 Å². The number of hydrogen-bond donors (Lipinski definition) is 0. The lowest BCUT2D eigenvalue weighted by molar-refractivity contribution is -0.146. The van der Waals surface area contributed by atoms with Gasteiger partial charge in [-0.15, -0.1) is 10.2 Å². The van der Waals surface area contributed by atoms with Crippen LogP contribution in [0.5, 0.6) is 0 Å². The fraction of sp³-hybridized carbons (Fsp3) is 0.750. The van der Waals surface area contributed by atoms with Crippen LogP contribution in [0.1, 0.15) is 38.0 Å². The van der Waals surface area contributed by atoms with Crippen LogP contribution in [0.4, 0.5) is 0 Å². The first-order valence-electron chi connectivity index (χ1n) is 8.34. The van der Waals surface area contributed by atoms with Gasteiger partial charge >= 0.3 is 0 Å². The first-order valence-corrected chi connectivity index (χ1v) is 8.34. The van der Waals surface area contributed by atoms with Gasteiger partial charge in [0, 0.05) is 40.0 Å². The normalized spacial score (nSPS) is 30.4. The molecule has 3 aliphatic rings. The Morgan fingerprint density at radius 2 is 2.00 bits per heavy atom. The van der Waals surface area contributed by atoms with Crippen LogP contribution in [0.2, 0.25) is 0 Å².